The molecule has 0 bridgehead atoms. The van der Waals surface area contributed by atoms with Crippen molar-refractivity contribution < 1.29 is 18.4 Å². The van der Waals surface area contributed by atoms with E-state index in [0.717, 1.165) is 29.4 Å². The van der Waals surface area contributed by atoms with Crippen LogP contribution in [-0.4, -0.2) is 33.9 Å². The minimum atomic E-state index is -0.969. The summed E-state index contributed by atoms with van der Waals surface area (Å²) < 4.78 is 35.2. The number of hydrogen-bond donors (Lipinski definition) is 0. The molecular weight excluding hydrogens is 414 g/mol. The van der Waals surface area contributed by atoms with E-state index in [-0.39, 0.29) is 0 Å². The molecule has 0 aliphatic carbocycles. The minimum absolute atomic E-state index is 0.432. The van der Waals surface area contributed by atoms with E-state index in [4.69, 9.17) is 9.57 Å². The third kappa shape index (κ3) is 3.41. The van der Waals surface area contributed by atoms with Gasteiger partial charge in [0.05, 0.1) is 24.8 Å². The van der Waals surface area contributed by atoms with Crippen molar-refractivity contribution in [3.05, 3.63) is 83.5 Å². The second kappa shape index (κ2) is 7.78. The molecule has 2 aromatic carbocycles. The van der Waals surface area contributed by atoms with Crippen LogP contribution in [0, 0.1) is 18.6 Å². The van der Waals surface area contributed by atoms with Gasteiger partial charge in [-0.15, -0.1) is 0 Å². The number of halogens is 2. The molecule has 1 aromatic heterocycles. The van der Waals surface area contributed by atoms with Gasteiger partial charge < -0.3 is 19.0 Å². The molecule has 1 fully saturated rings. The summed E-state index contributed by atoms with van der Waals surface area (Å²) in [5.41, 5.74) is 2.18. The number of imidazole rings is 1. The molecule has 2 aliphatic heterocycles. The van der Waals surface area contributed by atoms with Crippen molar-refractivity contribution in [3.63, 3.8) is 0 Å². The highest BCUT2D eigenvalue weighted by atomic mass is 19.1. The lowest BCUT2D eigenvalue weighted by Gasteiger charge is -2.30. The maximum Gasteiger partial charge on any atom is 0.237 e. The van der Waals surface area contributed by atoms with E-state index in [0.29, 0.717) is 30.1 Å². The number of fused-ring (bicyclic) bond motifs is 1. The van der Waals surface area contributed by atoms with Gasteiger partial charge in [0.25, 0.3) is 0 Å². The fourth-order valence-corrected chi connectivity index (χ4v) is 4.35. The van der Waals surface area contributed by atoms with Crippen LogP contribution in [0.2, 0.25) is 0 Å². The topological polar surface area (TPSA) is 51.9 Å². The molecule has 0 amide bonds. The van der Waals surface area contributed by atoms with Crippen molar-refractivity contribution in [2.75, 3.05) is 13.7 Å². The monoisotopic (exact) mass is 436 g/mol. The zero-order valence-electron chi connectivity index (χ0n) is 17.8. The van der Waals surface area contributed by atoms with Gasteiger partial charge in [0.2, 0.25) is 5.72 Å². The summed E-state index contributed by atoms with van der Waals surface area (Å²) >= 11 is 0. The largest absolute Gasteiger partial charge is 0.495 e. The number of oxime groups is 1. The van der Waals surface area contributed by atoms with Crippen molar-refractivity contribution in [2.24, 2.45) is 5.16 Å². The van der Waals surface area contributed by atoms with Crippen LogP contribution in [0.25, 0.3) is 11.8 Å². The van der Waals surface area contributed by atoms with E-state index < -0.39 is 17.4 Å². The standard InChI is InChI=1S/C24H22F2N4O2/c1-16-14-29(15-27-16)21-6-4-17(10-22(21)31-2)5-7-23-28-32-24(8-3-9-30(23)24)18-11-19(25)13-20(26)12-18/h4-7,10-15H,3,8-9H2,1-2H3/b7-5+. The third-order valence-electron chi connectivity index (χ3n) is 5.83. The molecule has 1 atom stereocenters. The number of nitrogens with zero attached hydrogens (tertiary/aromatic N) is 4. The number of amidine groups is 1. The average molecular weight is 436 g/mol. The number of aromatic nitrogens is 2. The first-order valence-electron chi connectivity index (χ1n) is 10.4. The van der Waals surface area contributed by atoms with Crippen molar-refractivity contribution in [1.29, 1.82) is 0 Å². The van der Waals surface area contributed by atoms with Crippen LogP contribution in [0.15, 0.2) is 60.2 Å². The van der Waals surface area contributed by atoms with E-state index in [1.54, 1.807) is 13.4 Å². The van der Waals surface area contributed by atoms with Gasteiger partial charge in [-0.3, -0.25) is 0 Å². The second-order valence-electron chi connectivity index (χ2n) is 7.93. The number of aryl methyl sites for hydroxylation is 1. The Labute approximate surface area is 184 Å². The van der Waals surface area contributed by atoms with Gasteiger partial charge in [0.15, 0.2) is 5.84 Å². The molecule has 0 spiro atoms. The maximum atomic E-state index is 13.8. The summed E-state index contributed by atoms with van der Waals surface area (Å²) in [4.78, 5) is 12.0. The third-order valence-corrected chi connectivity index (χ3v) is 5.83. The van der Waals surface area contributed by atoms with Gasteiger partial charge in [-0.1, -0.05) is 17.3 Å². The van der Waals surface area contributed by atoms with E-state index in [2.05, 4.69) is 10.1 Å². The lowest BCUT2D eigenvalue weighted by atomic mass is 9.99. The van der Waals surface area contributed by atoms with Gasteiger partial charge in [-0.25, -0.2) is 13.8 Å². The van der Waals surface area contributed by atoms with Gasteiger partial charge in [-0.2, -0.15) is 0 Å². The molecule has 0 radical (unpaired) electrons. The highest BCUT2D eigenvalue weighted by Gasteiger charge is 2.50. The van der Waals surface area contributed by atoms with E-state index >= 15 is 0 Å². The number of hydrogen-bond acceptors (Lipinski definition) is 5. The maximum absolute atomic E-state index is 13.8. The Morgan fingerprint density at radius 2 is 1.94 bits per heavy atom. The molecular formula is C24H22F2N4O2. The summed E-state index contributed by atoms with van der Waals surface area (Å²) in [5, 5.41) is 4.22. The summed E-state index contributed by atoms with van der Waals surface area (Å²) in [5.74, 6) is 0.0588. The molecule has 6 nitrogen and oxygen atoms in total. The number of benzene rings is 2. The molecule has 8 heteroatoms. The molecule has 3 aromatic rings. The molecule has 5 rings (SSSR count). The Bertz CT molecular complexity index is 1220. The predicted octanol–water partition coefficient (Wildman–Crippen LogP) is 4.77. The van der Waals surface area contributed by atoms with Crippen LogP contribution in [0.1, 0.15) is 29.7 Å². The highest BCUT2D eigenvalue weighted by molar-refractivity contribution is 5.97. The van der Waals surface area contributed by atoms with Crippen molar-refractivity contribution in [1.82, 2.24) is 14.5 Å². The first kappa shape index (κ1) is 20.2. The highest BCUT2D eigenvalue weighted by Crippen LogP contribution is 2.44. The molecule has 32 heavy (non-hydrogen) atoms. The Balaban J connectivity index is 1.40. The van der Waals surface area contributed by atoms with E-state index in [1.807, 2.05) is 52.9 Å². The lowest BCUT2D eigenvalue weighted by Crippen LogP contribution is -2.40. The fraction of sp³-hybridized carbons (Fsp3) is 0.250. The van der Waals surface area contributed by atoms with Gasteiger partial charge in [-0.05, 0) is 49.2 Å². The van der Waals surface area contributed by atoms with Crippen LogP contribution >= 0.6 is 0 Å². The Morgan fingerprint density at radius 1 is 1.12 bits per heavy atom. The van der Waals surface area contributed by atoms with Gasteiger partial charge in [0.1, 0.15) is 17.4 Å². The SMILES string of the molecule is COc1cc(/C=C/C2=NOC3(c4cc(F)cc(F)c4)CCCN23)ccc1-n1cnc(C)c1. The minimum Gasteiger partial charge on any atom is -0.495 e. The number of rotatable bonds is 5. The number of ether oxygens (including phenoxy) is 1. The Morgan fingerprint density at radius 3 is 2.66 bits per heavy atom. The zero-order valence-corrected chi connectivity index (χ0v) is 17.8. The Hall–Kier alpha value is -3.68. The van der Waals surface area contributed by atoms with Crippen molar-refractivity contribution in [2.45, 2.75) is 25.5 Å². The molecule has 1 unspecified atom stereocenters. The zero-order chi connectivity index (χ0) is 22.3. The van der Waals surface area contributed by atoms with Crippen molar-refractivity contribution in [3.8, 4) is 11.4 Å². The summed E-state index contributed by atoms with van der Waals surface area (Å²) in [6, 6.07) is 9.34. The van der Waals surface area contributed by atoms with E-state index in [9.17, 15) is 8.78 Å². The van der Waals surface area contributed by atoms with Crippen LogP contribution in [-0.2, 0) is 10.6 Å². The van der Waals surface area contributed by atoms with E-state index in [1.165, 1.54) is 12.1 Å². The first-order valence-corrected chi connectivity index (χ1v) is 10.4. The van der Waals surface area contributed by atoms with Crippen molar-refractivity contribution >= 4 is 11.9 Å². The Kier molecular flexibility index (Phi) is 4.92. The van der Waals surface area contributed by atoms with Crippen LogP contribution in [0.3, 0.4) is 0 Å². The smallest absolute Gasteiger partial charge is 0.237 e. The summed E-state index contributed by atoms with van der Waals surface area (Å²) in [6.07, 6.45) is 8.86. The molecule has 1 saturated heterocycles. The van der Waals surface area contributed by atoms with Crippen LogP contribution in [0.4, 0.5) is 8.78 Å². The summed E-state index contributed by atoms with van der Waals surface area (Å²) in [7, 11) is 1.63. The fourth-order valence-electron chi connectivity index (χ4n) is 4.35. The molecule has 0 N–H and O–H groups in total. The molecule has 0 saturated carbocycles. The molecule has 164 valence electrons. The molecule has 3 heterocycles. The van der Waals surface area contributed by atoms with Gasteiger partial charge >= 0.3 is 0 Å². The lowest BCUT2D eigenvalue weighted by molar-refractivity contribution is -0.0850. The second-order valence-corrected chi connectivity index (χ2v) is 7.93. The normalized spacial score (nSPS) is 19.9. The number of methoxy groups -OCH3 is 1. The molecule has 2 aliphatic rings. The first-order chi connectivity index (χ1) is 15.5. The average Bonchev–Trinajstić information content (AvgIpc) is 3.47. The van der Waals surface area contributed by atoms with Crippen LogP contribution in [0.5, 0.6) is 5.75 Å². The quantitative estimate of drug-likeness (QED) is 0.578. The summed E-state index contributed by atoms with van der Waals surface area (Å²) in [6.45, 7) is 2.62. The predicted molar refractivity (Wildman–Crippen MR) is 116 cm³/mol. The van der Waals surface area contributed by atoms with Crippen LogP contribution < -0.4 is 4.74 Å². The van der Waals surface area contributed by atoms with Gasteiger partial charge in [0, 0.05) is 30.8 Å².